The molecule has 0 saturated carbocycles. The molecule has 0 radical (unpaired) electrons. The third-order valence-electron chi connectivity index (χ3n) is 3.69. The molecule has 1 aromatic carbocycles. The van der Waals surface area contributed by atoms with Crippen molar-refractivity contribution in [3.8, 4) is 11.5 Å². The molecule has 0 heterocycles. The van der Waals surface area contributed by atoms with Gasteiger partial charge in [0.05, 0.1) is 5.60 Å². The molecule has 0 aromatic heterocycles. The molecule has 0 saturated heterocycles. The first-order valence-electron chi connectivity index (χ1n) is 6.70. The number of hydrogen-bond donors (Lipinski definition) is 5. The average molecular weight is 296 g/mol. The normalized spacial score (nSPS) is 15.6. The summed E-state index contributed by atoms with van der Waals surface area (Å²) in [4.78, 5) is 0. The van der Waals surface area contributed by atoms with Crippen molar-refractivity contribution < 1.29 is 25.5 Å². The van der Waals surface area contributed by atoms with Crippen LogP contribution < -0.4 is 0 Å². The highest BCUT2D eigenvalue weighted by Gasteiger charge is 2.34. The van der Waals surface area contributed by atoms with E-state index in [-0.39, 0.29) is 17.1 Å². The summed E-state index contributed by atoms with van der Waals surface area (Å²) in [5.74, 6) is -0.400. The van der Waals surface area contributed by atoms with Crippen LogP contribution in [0.2, 0.25) is 0 Å². The maximum Gasteiger partial charge on any atom is 0.122 e. The number of allylic oxidation sites excluding steroid dienone is 1. The summed E-state index contributed by atoms with van der Waals surface area (Å²) in [5.41, 5.74) is -1.73. The monoisotopic (exact) mass is 296 g/mol. The highest BCUT2D eigenvalue weighted by Crippen LogP contribution is 2.40. The van der Waals surface area contributed by atoms with Crippen molar-refractivity contribution in [1.82, 2.24) is 0 Å². The van der Waals surface area contributed by atoms with Gasteiger partial charge in [-0.05, 0) is 26.0 Å². The maximum absolute atomic E-state index is 10.1. The molecule has 0 aliphatic carbocycles. The van der Waals surface area contributed by atoms with Crippen LogP contribution in [0.15, 0.2) is 24.8 Å². The van der Waals surface area contributed by atoms with Crippen molar-refractivity contribution in [3.05, 3.63) is 35.9 Å². The summed E-state index contributed by atoms with van der Waals surface area (Å²) in [5, 5.41) is 49.9. The Labute approximate surface area is 124 Å². The van der Waals surface area contributed by atoms with E-state index >= 15 is 0 Å². The predicted octanol–water partition coefficient (Wildman–Crippen LogP) is 1.73. The summed E-state index contributed by atoms with van der Waals surface area (Å²) in [6, 6.07) is 2.52. The largest absolute Gasteiger partial charge is 0.508 e. The Morgan fingerprint density at radius 2 is 1.57 bits per heavy atom. The molecule has 0 unspecified atom stereocenters. The lowest BCUT2D eigenvalue weighted by atomic mass is 9.82. The van der Waals surface area contributed by atoms with Gasteiger partial charge in [-0.3, -0.25) is 0 Å². The first kappa shape index (κ1) is 17.5. The summed E-state index contributed by atoms with van der Waals surface area (Å²) in [6.45, 7) is 9.99. The second kappa shape index (κ2) is 5.67. The number of rotatable bonds is 5. The smallest absolute Gasteiger partial charge is 0.122 e. The molecule has 5 heteroatoms. The minimum atomic E-state index is -1.56. The first-order valence-corrected chi connectivity index (χ1v) is 6.70. The van der Waals surface area contributed by atoms with Crippen molar-refractivity contribution >= 4 is 0 Å². The van der Waals surface area contributed by atoms with Crippen LogP contribution in [-0.2, 0) is 5.41 Å². The van der Waals surface area contributed by atoms with E-state index in [0.29, 0.717) is 5.56 Å². The summed E-state index contributed by atoms with van der Waals surface area (Å²) in [6.07, 6.45) is -1.42. The SMILES string of the molecule is C=CC(C)(C)c1cc(O)c([C@H](O)[C@H](O)C(C)(C)O)cc1O. The predicted molar refractivity (Wildman–Crippen MR) is 80.3 cm³/mol. The Kier molecular flexibility index (Phi) is 4.73. The van der Waals surface area contributed by atoms with Gasteiger partial charge in [-0.25, -0.2) is 0 Å². The van der Waals surface area contributed by atoms with Gasteiger partial charge in [-0.1, -0.05) is 19.9 Å². The van der Waals surface area contributed by atoms with Gasteiger partial charge in [0.15, 0.2) is 0 Å². The second-order valence-electron chi connectivity index (χ2n) is 6.40. The minimum absolute atomic E-state index is 0.0502. The fraction of sp³-hybridized carbons (Fsp3) is 0.500. The standard InChI is InChI=1S/C16H24O5/c1-6-15(2,3)10-8-11(17)9(7-12(10)18)13(19)14(20)16(4,5)21/h6-8,13-14,17-21H,1H2,2-5H3/t13-,14-/m0/s1. The number of phenols is 2. The number of aliphatic hydroxyl groups is 3. The minimum Gasteiger partial charge on any atom is -0.508 e. The summed E-state index contributed by atoms with van der Waals surface area (Å²) in [7, 11) is 0. The molecule has 1 aromatic rings. The zero-order chi connectivity index (χ0) is 16.6. The highest BCUT2D eigenvalue weighted by molar-refractivity contribution is 5.50. The number of benzene rings is 1. The lowest BCUT2D eigenvalue weighted by molar-refractivity contribution is -0.108. The van der Waals surface area contributed by atoms with Crippen LogP contribution in [0.5, 0.6) is 11.5 Å². The van der Waals surface area contributed by atoms with Gasteiger partial charge in [0.2, 0.25) is 0 Å². The van der Waals surface area contributed by atoms with Crippen molar-refractivity contribution in [2.75, 3.05) is 0 Å². The van der Waals surface area contributed by atoms with E-state index in [4.69, 9.17) is 0 Å². The van der Waals surface area contributed by atoms with Crippen LogP contribution in [0.4, 0.5) is 0 Å². The zero-order valence-electron chi connectivity index (χ0n) is 12.8. The Bertz CT molecular complexity index is 528. The molecule has 0 aliphatic rings. The fourth-order valence-corrected chi connectivity index (χ4v) is 2.01. The van der Waals surface area contributed by atoms with Gasteiger partial charge in [0.1, 0.15) is 23.7 Å². The molecular formula is C16H24O5. The van der Waals surface area contributed by atoms with Gasteiger partial charge in [0.25, 0.3) is 0 Å². The van der Waals surface area contributed by atoms with E-state index in [1.54, 1.807) is 6.08 Å². The van der Waals surface area contributed by atoms with E-state index in [1.807, 2.05) is 13.8 Å². The third kappa shape index (κ3) is 3.56. The second-order valence-corrected chi connectivity index (χ2v) is 6.40. The molecule has 0 spiro atoms. The molecule has 0 amide bonds. The third-order valence-corrected chi connectivity index (χ3v) is 3.69. The van der Waals surface area contributed by atoms with Crippen LogP contribution in [0.25, 0.3) is 0 Å². The quantitative estimate of drug-likeness (QED) is 0.421. The van der Waals surface area contributed by atoms with Gasteiger partial charge in [0, 0.05) is 16.5 Å². The van der Waals surface area contributed by atoms with Crippen LogP contribution >= 0.6 is 0 Å². The lowest BCUT2D eigenvalue weighted by Crippen LogP contribution is -2.40. The molecule has 21 heavy (non-hydrogen) atoms. The molecule has 5 N–H and O–H groups in total. The highest BCUT2D eigenvalue weighted by atomic mass is 16.4. The Balaban J connectivity index is 3.30. The van der Waals surface area contributed by atoms with Crippen LogP contribution in [0.1, 0.15) is 44.9 Å². The van der Waals surface area contributed by atoms with E-state index in [2.05, 4.69) is 6.58 Å². The van der Waals surface area contributed by atoms with Gasteiger partial charge in [-0.15, -0.1) is 6.58 Å². The molecule has 2 atom stereocenters. The first-order chi connectivity index (χ1) is 9.41. The van der Waals surface area contributed by atoms with Crippen molar-refractivity contribution in [3.63, 3.8) is 0 Å². The van der Waals surface area contributed by atoms with Crippen molar-refractivity contribution in [2.24, 2.45) is 0 Å². The van der Waals surface area contributed by atoms with E-state index < -0.39 is 23.2 Å². The summed E-state index contributed by atoms with van der Waals surface area (Å²) >= 11 is 0. The average Bonchev–Trinajstić information content (AvgIpc) is 2.38. The lowest BCUT2D eigenvalue weighted by Gasteiger charge is -2.30. The molecule has 1 rings (SSSR count). The topological polar surface area (TPSA) is 101 Å². The number of hydrogen-bond acceptors (Lipinski definition) is 5. The Morgan fingerprint density at radius 1 is 1.05 bits per heavy atom. The zero-order valence-corrected chi connectivity index (χ0v) is 12.8. The summed E-state index contributed by atoms with van der Waals surface area (Å²) < 4.78 is 0. The number of phenolic OH excluding ortho intramolecular Hbond substituents is 2. The van der Waals surface area contributed by atoms with E-state index in [9.17, 15) is 25.5 Å². The molecule has 118 valence electrons. The number of aromatic hydroxyl groups is 2. The number of aliphatic hydroxyl groups excluding tert-OH is 2. The van der Waals surface area contributed by atoms with Crippen molar-refractivity contribution in [1.29, 1.82) is 0 Å². The van der Waals surface area contributed by atoms with Crippen LogP contribution in [0, 0.1) is 0 Å². The van der Waals surface area contributed by atoms with Gasteiger partial charge in [-0.2, -0.15) is 0 Å². The van der Waals surface area contributed by atoms with Gasteiger partial charge >= 0.3 is 0 Å². The molecule has 0 bridgehead atoms. The van der Waals surface area contributed by atoms with E-state index in [1.165, 1.54) is 26.0 Å². The van der Waals surface area contributed by atoms with Crippen molar-refractivity contribution in [2.45, 2.75) is 50.9 Å². The van der Waals surface area contributed by atoms with Crippen LogP contribution in [-0.4, -0.2) is 37.2 Å². The Hall–Kier alpha value is -1.56. The molecule has 5 nitrogen and oxygen atoms in total. The molecule has 0 aliphatic heterocycles. The van der Waals surface area contributed by atoms with Crippen LogP contribution in [0.3, 0.4) is 0 Å². The molecule has 0 fully saturated rings. The van der Waals surface area contributed by atoms with Gasteiger partial charge < -0.3 is 25.5 Å². The van der Waals surface area contributed by atoms with E-state index in [0.717, 1.165) is 0 Å². The fourth-order valence-electron chi connectivity index (χ4n) is 2.01. The maximum atomic E-state index is 10.1. The Morgan fingerprint density at radius 3 is 2.00 bits per heavy atom. The molecular weight excluding hydrogens is 272 g/mol.